The van der Waals surface area contributed by atoms with E-state index >= 15 is 0 Å². The zero-order valence-corrected chi connectivity index (χ0v) is 12.8. The number of nitrogens with one attached hydrogen (secondary N) is 1. The first-order chi connectivity index (χ1) is 10.2. The summed E-state index contributed by atoms with van der Waals surface area (Å²) in [6.45, 7) is 6.02. The number of halogens is 3. The first-order valence-corrected chi connectivity index (χ1v) is 7.05. The lowest BCUT2D eigenvalue weighted by molar-refractivity contribution is 0.0293. The first-order valence-electron chi connectivity index (χ1n) is 7.05. The van der Waals surface area contributed by atoms with Crippen molar-refractivity contribution in [3.63, 3.8) is 0 Å². The van der Waals surface area contributed by atoms with Crippen molar-refractivity contribution >= 4 is 11.8 Å². The van der Waals surface area contributed by atoms with Crippen molar-refractivity contribution in [2.75, 3.05) is 18.4 Å². The number of hydrogen-bond acceptors (Lipinski definition) is 3. The molecule has 0 aromatic heterocycles. The van der Waals surface area contributed by atoms with Gasteiger partial charge in [-0.3, -0.25) is 0 Å². The number of amides is 1. The van der Waals surface area contributed by atoms with Crippen LogP contribution in [0.5, 0.6) is 0 Å². The van der Waals surface area contributed by atoms with Crippen LogP contribution in [0.2, 0.25) is 0 Å². The number of benzene rings is 1. The smallest absolute Gasteiger partial charge is 0.410 e. The van der Waals surface area contributed by atoms with Gasteiger partial charge in [-0.2, -0.15) is 0 Å². The summed E-state index contributed by atoms with van der Waals surface area (Å²) >= 11 is 0. The standard InChI is InChI=1S/C15H19F3N2O2/c1-15(2,3)22-14(21)20-5-4-10(8-20)19-12-7-9(16)6-11(17)13(12)18/h6-7,10,19H,4-5,8H2,1-3H3. The fraction of sp³-hybridized carbons (Fsp3) is 0.533. The minimum Gasteiger partial charge on any atom is -0.444 e. The molecule has 1 aliphatic heterocycles. The van der Waals surface area contributed by atoms with E-state index in [1.54, 1.807) is 20.8 Å². The van der Waals surface area contributed by atoms with Gasteiger partial charge >= 0.3 is 6.09 Å². The predicted molar refractivity (Wildman–Crippen MR) is 76.2 cm³/mol. The molecule has 1 N–H and O–H groups in total. The van der Waals surface area contributed by atoms with Crippen molar-refractivity contribution < 1.29 is 22.7 Å². The maximum Gasteiger partial charge on any atom is 0.410 e. The van der Waals surface area contributed by atoms with Crippen LogP contribution in [0.15, 0.2) is 12.1 Å². The van der Waals surface area contributed by atoms with Gasteiger partial charge < -0.3 is 15.0 Å². The van der Waals surface area contributed by atoms with Gasteiger partial charge in [-0.05, 0) is 27.2 Å². The highest BCUT2D eigenvalue weighted by Crippen LogP contribution is 2.23. The molecule has 122 valence electrons. The minimum absolute atomic E-state index is 0.242. The number of anilines is 1. The van der Waals surface area contributed by atoms with Crippen LogP contribution in [-0.4, -0.2) is 35.7 Å². The second-order valence-electron chi connectivity index (χ2n) is 6.31. The summed E-state index contributed by atoms with van der Waals surface area (Å²) in [5.74, 6) is -3.23. The molecule has 7 heteroatoms. The molecule has 1 aromatic carbocycles. The first kappa shape index (κ1) is 16.5. The van der Waals surface area contributed by atoms with Gasteiger partial charge in [0.15, 0.2) is 11.6 Å². The Balaban J connectivity index is 1.98. The minimum atomic E-state index is -1.25. The molecule has 1 heterocycles. The zero-order valence-electron chi connectivity index (χ0n) is 12.8. The van der Waals surface area contributed by atoms with Crippen molar-refractivity contribution in [3.8, 4) is 0 Å². The van der Waals surface area contributed by atoms with E-state index in [4.69, 9.17) is 4.74 Å². The quantitative estimate of drug-likeness (QED) is 0.849. The normalized spacial score (nSPS) is 18.5. The van der Waals surface area contributed by atoms with Gasteiger partial charge in [0.25, 0.3) is 0 Å². The summed E-state index contributed by atoms with van der Waals surface area (Å²) in [6, 6.07) is 1.10. The van der Waals surface area contributed by atoms with Crippen LogP contribution in [0, 0.1) is 17.5 Å². The lowest BCUT2D eigenvalue weighted by Gasteiger charge is -2.24. The molecule has 2 rings (SSSR count). The summed E-state index contributed by atoms with van der Waals surface area (Å²) in [7, 11) is 0. The third kappa shape index (κ3) is 4.05. The highest BCUT2D eigenvalue weighted by atomic mass is 19.2. The number of carbonyl (C=O) groups is 1. The molecule has 1 amide bonds. The van der Waals surface area contributed by atoms with E-state index in [0.717, 1.165) is 6.07 Å². The molecule has 1 atom stereocenters. The number of ether oxygens (including phenoxy) is 1. The Labute approximate surface area is 127 Å². The summed E-state index contributed by atoms with van der Waals surface area (Å²) < 4.78 is 45.2. The highest BCUT2D eigenvalue weighted by molar-refractivity contribution is 5.68. The van der Waals surface area contributed by atoms with Gasteiger partial charge in [0.1, 0.15) is 11.4 Å². The Morgan fingerprint density at radius 3 is 2.64 bits per heavy atom. The number of rotatable bonds is 2. The molecule has 1 aliphatic rings. The topological polar surface area (TPSA) is 41.6 Å². The molecule has 0 aliphatic carbocycles. The van der Waals surface area contributed by atoms with E-state index in [1.807, 2.05) is 0 Å². The van der Waals surface area contributed by atoms with E-state index < -0.39 is 29.1 Å². The van der Waals surface area contributed by atoms with Crippen LogP contribution in [0.25, 0.3) is 0 Å². The number of hydrogen-bond donors (Lipinski definition) is 1. The average Bonchev–Trinajstić information content (AvgIpc) is 2.82. The lowest BCUT2D eigenvalue weighted by Crippen LogP contribution is -2.36. The molecule has 0 saturated carbocycles. The molecule has 0 bridgehead atoms. The van der Waals surface area contributed by atoms with Crippen molar-refractivity contribution in [1.82, 2.24) is 4.90 Å². The van der Waals surface area contributed by atoms with Gasteiger partial charge in [-0.25, -0.2) is 18.0 Å². The van der Waals surface area contributed by atoms with Crippen LogP contribution < -0.4 is 5.32 Å². The summed E-state index contributed by atoms with van der Waals surface area (Å²) in [5, 5.41) is 2.73. The van der Waals surface area contributed by atoms with Crippen molar-refractivity contribution in [2.45, 2.75) is 38.8 Å². The third-order valence-corrected chi connectivity index (χ3v) is 3.19. The number of carbonyl (C=O) groups excluding carboxylic acids is 1. The summed E-state index contributed by atoms with van der Waals surface area (Å²) in [4.78, 5) is 13.4. The van der Waals surface area contributed by atoms with Crippen LogP contribution >= 0.6 is 0 Å². The molecule has 1 aromatic rings. The van der Waals surface area contributed by atoms with Crippen molar-refractivity contribution in [2.24, 2.45) is 0 Å². The molecular weight excluding hydrogens is 297 g/mol. The van der Waals surface area contributed by atoms with Crippen LogP contribution in [0.4, 0.5) is 23.7 Å². The highest BCUT2D eigenvalue weighted by Gasteiger charge is 2.30. The van der Waals surface area contributed by atoms with Gasteiger partial charge in [0.2, 0.25) is 0 Å². The second-order valence-corrected chi connectivity index (χ2v) is 6.31. The molecule has 0 spiro atoms. The zero-order chi connectivity index (χ0) is 16.5. The third-order valence-electron chi connectivity index (χ3n) is 3.19. The molecule has 1 fully saturated rings. The van der Waals surface area contributed by atoms with E-state index in [-0.39, 0.29) is 18.3 Å². The largest absolute Gasteiger partial charge is 0.444 e. The van der Waals surface area contributed by atoms with Crippen LogP contribution in [-0.2, 0) is 4.74 Å². The Hall–Kier alpha value is -1.92. The molecule has 4 nitrogen and oxygen atoms in total. The Kier molecular flexibility index (Phi) is 4.53. The molecule has 0 radical (unpaired) electrons. The fourth-order valence-electron chi connectivity index (χ4n) is 2.25. The Morgan fingerprint density at radius 2 is 2.00 bits per heavy atom. The predicted octanol–water partition coefficient (Wildman–Crippen LogP) is 3.53. The molecule has 22 heavy (non-hydrogen) atoms. The number of nitrogens with zero attached hydrogens (tertiary/aromatic N) is 1. The molecular formula is C15H19F3N2O2. The SMILES string of the molecule is CC(C)(C)OC(=O)N1CCC(Nc2cc(F)cc(F)c2F)C1. The maximum absolute atomic E-state index is 13.6. The second kappa shape index (κ2) is 6.06. The van der Waals surface area contributed by atoms with Gasteiger partial charge in [0, 0.05) is 31.3 Å². The van der Waals surface area contributed by atoms with Crippen LogP contribution in [0.1, 0.15) is 27.2 Å². The summed E-state index contributed by atoms with van der Waals surface area (Å²) in [6.07, 6.45) is 0.0827. The Bertz CT molecular complexity index is 573. The van der Waals surface area contributed by atoms with Gasteiger partial charge in [-0.1, -0.05) is 0 Å². The maximum atomic E-state index is 13.6. The summed E-state index contributed by atoms with van der Waals surface area (Å²) in [5.41, 5.74) is -0.839. The van der Waals surface area contributed by atoms with E-state index in [1.165, 1.54) is 4.90 Å². The van der Waals surface area contributed by atoms with Gasteiger partial charge in [-0.15, -0.1) is 0 Å². The monoisotopic (exact) mass is 316 g/mol. The fourth-order valence-corrected chi connectivity index (χ4v) is 2.25. The van der Waals surface area contributed by atoms with E-state index in [0.29, 0.717) is 19.0 Å². The van der Waals surface area contributed by atoms with E-state index in [9.17, 15) is 18.0 Å². The van der Waals surface area contributed by atoms with Crippen LogP contribution in [0.3, 0.4) is 0 Å². The molecule has 1 unspecified atom stereocenters. The van der Waals surface area contributed by atoms with Crippen molar-refractivity contribution in [1.29, 1.82) is 0 Å². The lowest BCUT2D eigenvalue weighted by atomic mass is 10.2. The Morgan fingerprint density at radius 1 is 1.32 bits per heavy atom. The average molecular weight is 316 g/mol. The van der Waals surface area contributed by atoms with Gasteiger partial charge in [0.05, 0.1) is 5.69 Å². The van der Waals surface area contributed by atoms with E-state index in [2.05, 4.69) is 5.32 Å². The number of likely N-dealkylation sites (tertiary alicyclic amines) is 1. The molecule has 1 saturated heterocycles. The van der Waals surface area contributed by atoms with Crippen molar-refractivity contribution in [3.05, 3.63) is 29.6 Å².